The summed E-state index contributed by atoms with van der Waals surface area (Å²) in [4.78, 5) is 4.26. The fourth-order valence-electron chi connectivity index (χ4n) is 2.82. The van der Waals surface area contributed by atoms with E-state index in [9.17, 15) is 13.2 Å². The highest BCUT2D eigenvalue weighted by Crippen LogP contribution is 2.29. The van der Waals surface area contributed by atoms with Crippen molar-refractivity contribution in [2.75, 3.05) is 0 Å². The van der Waals surface area contributed by atoms with E-state index >= 15 is 0 Å². The van der Waals surface area contributed by atoms with Crippen LogP contribution in [0, 0.1) is 0 Å². The summed E-state index contributed by atoms with van der Waals surface area (Å²) < 4.78 is 50.5. The first kappa shape index (κ1) is 22.9. The number of aromatic nitrogens is 6. The van der Waals surface area contributed by atoms with Crippen LogP contribution in [-0.2, 0) is 19.3 Å². The molecule has 0 bridgehead atoms. The van der Waals surface area contributed by atoms with E-state index in [1.807, 2.05) is 12.2 Å². The number of hydrogen-bond acceptors (Lipinski definition) is 7. The van der Waals surface area contributed by atoms with Gasteiger partial charge in [0, 0.05) is 24.9 Å². The molecular formula is C23H19F3N6O2. The largest absolute Gasteiger partial charge is 0.470 e. The van der Waals surface area contributed by atoms with Crippen molar-refractivity contribution in [2.24, 2.45) is 0 Å². The minimum absolute atomic E-state index is 0.124. The van der Waals surface area contributed by atoms with E-state index in [0.29, 0.717) is 28.7 Å². The summed E-state index contributed by atoms with van der Waals surface area (Å²) in [7, 11) is 0. The van der Waals surface area contributed by atoms with Crippen molar-refractivity contribution in [1.82, 2.24) is 30.2 Å². The van der Waals surface area contributed by atoms with Crippen LogP contribution in [-0.4, -0.2) is 30.2 Å². The monoisotopic (exact) mass is 468 g/mol. The maximum Gasteiger partial charge on any atom is 0.416 e. The molecule has 0 aliphatic heterocycles. The minimum atomic E-state index is -4.36. The predicted octanol–water partition coefficient (Wildman–Crippen LogP) is 4.93. The van der Waals surface area contributed by atoms with Crippen LogP contribution in [0.25, 0.3) is 18.2 Å². The number of aryl methyl sites for hydroxylation is 1. The maximum atomic E-state index is 12.6. The van der Waals surface area contributed by atoms with Crippen LogP contribution in [0.15, 0.2) is 65.5 Å². The highest BCUT2D eigenvalue weighted by atomic mass is 19.4. The van der Waals surface area contributed by atoms with Crippen LogP contribution >= 0.6 is 0 Å². The maximum absolute atomic E-state index is 12.6. The van der Waals surface area contributed by atoms with Crippen molar-refractivity contribution in [3.63, 3.8) is 0 Å². The van der Waals surface area contributed by atoms with E-state index in [1.54, 1.807) is 41.4 Å². The molecule has 11 heteroatoms. The van der Waals surface area contributed by atoms with Crippen molar-refractivity contribution in [3.05, 3.63) is 89.5 Å². The summed E-state index contributed by atoms with van der Waals surface area (Å²) in [6.07, 6.45) is 8.30. The first-order chi connectivity index (χ1) is 16.5. The summed E-state index contributed by atoms with van der Waals surface area (Å²) in [6.45, 7) is 0.851. The Balaban J connectivity index is 1.24. The number of allylic oxidation sites excluding steroid dienone is 1. The Morgan fingerprint density at radius 3 is 2.56 bits per heavy atom. The van der Waals surface area contributed by atoms with Crippen LogP contribution in [0.5, 0.6) is 5.88 Å². The molecule has 0 fully saturated rings. The standard InChI is InChI=1S/C23H19F3N6O2/c24-23(25,26)18-7-4-17(5-8-18)6-10-21-28-20(15-33-21)16-34-22-11-9-19(29-30-22)3-1-2-13-32-14-12-27-31-32/h1,3-12,14-15H,2,13,16H2/b3-1+,10-6+. The van der Waals surface area contributed by atoms with Gasteiger partial charge in [0.2, 0.25) is 11.8 Å². The molecule has 0 unspecified atom stereocenters. The molecule has 0 aliphatic carbocycles. The number of nitrogens with zero attached hydrogens (tertiary/aromatic N) is 6. The first-order valence-corrected chi connectivity index (χ1v) is 10.2. The fraction of sp³-hybridized carbons (Fsp3) is 0.174. The molecule has 4 rings (SSSR count). The molecular weight excluding hydrogens is 449 g/mol. The van der Waals surface area contributed by atoms with E-state index in [-0.39, 0.29) is 6.61 Å². The van der Waals surface area contributed by atoms with Crippen molar-refractivity contribution < 1.29 is 22.3 Å². The predicted molar refractivity (Wildman–Crippen MR) is 117 cm³/mol. The smallest absolute Gasteiger partial charge is 0.416 e. The lowest BCUT2D eigenvalue weighted by Crippen LogP contribution is -2.03. The summed E-state index contributed by atoms with van der Waals surface area (Å²) in [5.74, 6) is 0.639. The van der Waals surface area contributed by atoms with E-state index < -0.39 is 11.7 Å². The van der Waals surface area contributed by atoms with Gasteiger partial charge in [-0.25, -0.2) is 4.98 Å². The van der Waals surface area contributed by atoms with Crippen molar-refractivity contribution >= 4 is 18.2 Å². The highest BCUT2D eigenvalue weighted by molar-refractivity contribution is 5.66. The van der Waals surface area contributed by atoms with E-state index in [1.165, 1.54) is 18.4 Å². The van der Waals surface area contributed by atoms with E-state index in [4.69, 9.17) is 9.15 Å². The number of hydrogen-bond donors (Lipinski definition) is 0. The third-order valence-corrected chi connectivity index (χ3v) is 4.54. The second-order valence-corrected chi connectivity index (χ2v) is 7.07. The molecule has 0 aliphatic rings. The zero-order chi connectivity index (χ0) is 23.8. The Morgan fingerprint density at radius 1 is 1.00 bits per heavy atom. The zero-order valence-corrected chi connectivity index (χ0v) is 17.8. The molecule has 174 valence electrons. The third kappa shape index (κ3) is 6.61. The Bertz CT molecular complexity index is 1230. The van der Waals surface area contributed by atoms with Crippen molar-refractivity contribution in [3.8, 4) is 5.88 Å². The second kappa shape index (κ2) is 10.6. The van der Waals surface area contributed by atoms with Crippen LogP contribution < -0.4 is 4.74 Å². The lowest BCUT2D eigenvalue weighted by atomic mass is 10.1. The van der Waals surface area contributed by atoms with Gasteiger partial charge in [0.1, 0.15) is 18.6 Å². The van der Waals surface area contributed by atoms with Gasteiger partial charge in [-0.15, -0.1) is 15.3 Å². The minimum Gasteiger partial charge on any atom is -0.470 e. The zero-order valence-electron chi connectivity index (χ0n) is 17.8. The molecule has 3 heterocycles. The topological polar surface area (TPSA) is 91.8 Å². The van der Waals surface area contributed by atoms with Gasteiger partial charge in [-0.05, 0) is 42.3 Å². The lowest BCUT2D eigenvalue weighted by Gasteiger charge is -2.05. The molecule has 8 nitrogen and oxygen atoms in total. The number of rotatable bonds is 9. The second-order valence-electron chi connectivity index (χ2n) is 7.07. The Morgan fingerprint density at radius 2 is 1.85 bits per heavy atom. The number of halogens is 3. The van der Waals surface area contributed by atoms with Gasteiger partial charge in [-0.2, -0.15) is 13.2 Å². The normalized spacial score (nSPS) is 12.1. The molecule has 0 spiro atoms. The van der Waals surface area contributed by atoms with Crippen molar-refractivity contribution in [2.45, 2.75) is 25.7 Å². The van der Waals surface area contributed by atoms with Gasteiger partial charge in [0.15, 0.2) is 0 Å². The Labute approximate surface area is 192 Å². The number of oxazole rings is 1. The van der Waals surface area contributed by atoms with Gasteiger partial charge >= 0.3 is 6.18 Å². The third-order valence-electron chi connectivity index (χ3n) is 4.54. The van der Waals surface area contributed by atoms with Gasteiger partial charge in [-0.1, -0.05) is 23.4 Å². The van der Waals surface area contributed by atoms with Crippen LogP contribution in [0.2, 0.25) is 0 Å². The first-order valence-electron chi connectivity index (χ1n) is 10.2. The van der Waals surface area contributed by atoms with Crippen molar-refractivity contribution in [1.29, 1.82) is 0 Å². The molecule has 0 amide bonds. The summed E-state index contributed by atoms with van der Waals surface area (Å²) >= 11 is 0. The molecule has 0 atom stereocenters. The highest BCUT2D eigenvalue weighted by Gasteiger charge is 2.29. The van der Waals surface area contributed by atoms with Gasteiger partial charge < -0.3 is 9.15 Å². The molecule has 0 N–H and O–H groups in total. The number of ether oxygens (including phenoxy) is 1. The Kier molecular flexibility index (Phi) is 7.11. The lowest BCUT2D eigenvalue weighted by molar-refractivity contribution is -0.137. The molecule has 0 radical (unpaired) electrons. The summed E-state index contributed by atoms with van der Waals surface area (Å²) in [6, 6.07) is 8.29. The summed E-state index contributed by atoms with van der Waals surface area (Å²) in [5, 5.41) is 15.8. The summed E-state index contributed by atoms with van der Waals surface area (Å²) in [5.41, 5.74) is 1.12. The molecule has 0 saturated carbocycles. The van der Waals surface area contributed by atoms with E-state index in [0.717, 1.165) is 25.1 Å². The Hall–Kier alpha value is -4.28. The van der Waals surface area contributed by atoms with E-state index in [2.05, 4.69) is 25.5 Å². The molecule has 3 aromatic heterocycles. The molecule has 34 heavy (non-hydrogen) atoms. The van der Waals surface area contributed by atoms with Gasteiger partial charge in [-0.3, -0.25) is 4.68 Å². The molecule has 0 saturated heterocycles. The number of alkyl halides is 3. The average molecular weight is 468 g/mol. The van der Waals surface area contributed by atoms with Crippen LogP contribution in [0.3, 0.4) is 0 Å². The van der Waals surface area contributed by atoms with Crippen LogP contribution in [0.1, 0.15) is 34.8 Å². The van der Waals surface area contributed by atoms with Gasteiger partial charge in [0.25, 0.3) is 0 Å². The average Bonchev–Trinajstić information content (AvgIpc) is 3.52. The van der Waals surface area contributed by atoms with Gasteiger partial charge in [0.05, 0.1) is 17.5 Å². The number of benzene rings is 1. The SMILES string of the molecule is FC(F)(F)c1ccc(/C=C/c2nc(COc3ccc(/C=C/CCn4ccnn4)nn3)co2)cc1. The fourth-order valence-corrected chi connectivity index (χ4v) is 2.82. The quantitative estimate of drug-likeness (QED) is 0.344. The molecule has 4 aromatic rings. The molecule has 1 aromatic carbocycles. The van der Waals surface area contributed by atoms with Crippen LogP contribution in [0.4, 0.5) is 13.2 Å².